The maximum atomic E-state index is 13.5. The number of anilines is 2. The molecule has 0 aliphatic heterocycles. The lowest BCUT2D eigenvalue weighted by molar-refractivity contribution is -0.136. The summed E-state index contributed by atoms with van der Waals surface area (Å²) < 4.78 is 45.6. The van der Waals surface area contributed by atoms with Gasteiger partial charge in [0.05, 0.1) is 18.2 Å². The fourth-order valence-electron chi connectivity index (χ4n) is 2.77. The summed E-state index contributed by atoms with van der Waals surface area (Å²) in [4.78, 5) is 6.17. The third-order valence-corrected chi connectivity index (χ3v) is 3.98. The van der Waals surface area contributed by atoms with Crippen LogP contribution in [-0.4, -0.2) is 18.6 Å². The maximum Gasteiger partial charge on any atom is 0.417 e. The Morgan fingerprint density at radius 3 is 2.32 bits per heavy atom. The zero-order valence-corrected chi connectivity index (χ0v) is 13.8. The second-order valence-electron chi connectivity index (χ2n) is 5.49. The number of pyridine rings is 1. The van der Waals surface area contributed by atoms with E-state index in [0.29, 0.717) is 17.8 Å². The fraction of sp³-hybridized carbons (Fsp3) is 0.211. The molecule has 0 spiro atoms. The second kappa shape index (κ2) is 6.63. The Morgan fingerprint density at radius 2 is 1.72 bits per heavy atom. The van der Waals surface area contributed by atoms with E-state index < -0.39 is 11.7 Å². The number of halogens is 3. The number of rotatable bonds is 4. The molecule has 0 amide bonds. The van der Waals surface area contributed by atoms with Crippen molar-refractivity contribution < 1.29 is 17.9 Å². The van der Waals surface area contributed by atoms with E-state index in [2.05, 4.69) is 4.98 Å². The lowest BCUT2D eigenvalue weighted by Crippen LogP contribution is -2.19. The Labute approximate surface area is 143 Å². The van der Waals surface area contributed by atoms with Gasteiger partial charge < -0.3 is 9.64 Å². The van der Waals surface area contributed by atoms with E-state index in [-0.39, 0.29) is 11.2 Å². The molecule has 3 rings (SSSR count). The van der Waals surface area contributed by atoms with Gasteiger partial charge in [-0.15, -0.1) is 0 Å². The van der Waals surface area contributed by atoms with Crippen LogP contribution in [0.5, 0.6) is 5.75 Å². The summed E-state index contributed by atoms with van der Waals surface area (Å²) in [6, 6.07) is 14.5. The van der Waals surface area contributed by atoms with Gasteiger partial charge in [-0.05, 0) is 43.3 Å². The van der Waals surface area contributed by atoms with Gasteiger partial charge in [0.1, 0.15) is 11.6 Å². The van der Waals surface area contributed by atoms with Crippen molar-refractivity contribution >= 4 is 22.4 Å². The Kier molecular flexibility index (Phi) is 4.53. The number of hydrogen-bond acceptors (Lipinski definition) is 3. The lowest BCUT2D eigenvalue weighted by atomic mass is 10.1. The first-order valence-electron chi connectivity index (χ1n) is 7.82. The Balaban J connectivity index is 2.15. The molecule has 130 valence electrons. The monoisotopic (exact) mass is 346 g/mol. The van der Waals surface area contributed by atoms with Crippen LogP contribution in [0.15, 0.2) is 54.6 Å². The summed E-state index contributed by atoms with van der Waals surface area (Å²) in [6.45, 7) is 2.35. The van der Waals surface area contributed by atoms with Crippen LogP contribution < -0.4 is 9.64 Å². The van der Waals surface area contributed by atoms with Crippen molar-refractivity contribution in [2.24, 2.45) is 0 Å². The number of para-hydroxylation sites is 1. The van der Waals surface area contributed by atoms with E-state index in [1.807, 2.05) is 6.92 Å². The fourth-order valence-corrected chi connectivity index (χ4v) is 2.77. The minimum absolute atomic E-state index is 0.101. The molecule has 1 aromatic heterocycles. The van der Waals surface area contributed by atoms with Gasteiger partial charge in [0, 0.05) is 17.6 Å². The highest BCUT2D eigenvalue weighted by Crippen LogP contribution is 2.37. The predicted octanol–water partition coefficient (Wildman–Crippen LogP) is 5.42. The van der Waals surface area contributed by atoms with Crippen LogP contribution in [0, 0.1) is 0 Å². The molecule has 0 fully saturated rings. The molecule has 6 heteroatoms. The number of aromatic nitrogens is 1. The van der Waals surface area contributed by atoms with Gasteiger partial charge in [0.25, 0.3) is 0 Å². The molecule has 0 saturated heterocycles. The number of hydrogen-bond donors (Lipinski definition) is 0. The highest BCUT2D eigenvalue weighted by molar-refractivity contribution is 5.85. The first-order valence-corrected chi connectivity index (χ1v) is 7.82. The van der Waals surface area contributed by atoms with Crippen molar-refractivity contribution in [3.63, 3.8) is 0 Å². The van der Waals surface area contributed by atoms with E-state index in [1.54, 1.807) is 54.5 Å². The van der Waals surface area contributed by atoms with E-state index in [4.69, 9.17) is 4.74 Å². The first-order chi connectivity index (χ1) is 11.9. The number of benzene rings is 2. The third-order valence-electron chi connectivity index (χ3n) is 3.98. The molecule has 0 unspecified atom stereocenters. The molecule has 0 N–H and O–H groups in total. The average molecular weight is 346 g/mol. The summed E-state index contributed by atoms with van der Waals surface area (Å²) in [5, 5.41) is 0.101. The number of alkyl halides is 3. The molecule has 0 aliphatic carbocycles. The van der Waals surface area contributed by atoms with Crippen molar-refractivity contribution in [2.75, 3.05) is 18.6 Å². The van der Waals surface area contributed by atoms with Crippen molar-refractivity contribution in [1.82, 2.24) is 4.98 Å². The molecule has 3 aromatic rings. The molecule has 3 nitrogen and oxygen atoms in total. The zero-order chi connectivity index (χ0) is 18.0. The summed E-state index contributed by atoms with van der Waals surface area (Å²) in [7, 11) is 1.56. The zero-order valence-electron chi connectivity index (χ0n) is 13.8. The van der Waals surface area contributed by atoms with Crippen molar-refractivity contribution in [2.45, 2.75) is 13.1 Å². The number of ether oxygens (including phenoxy) is 1. The molecule has 0 aliphatic rings. The quantitative estimate of drug-likeness (QED) is 0.631. The molecule has 1 heterocycles. The number of methoxy groups -OCH3 is 1. The molecular formula is C19H17F3N2O. The van der Waals surface area contributed by atoms with Crippen LogP contribution in [0.3, 0.4) is 0 Å². The Bertz CT molecular complexity index is 876. The Hall–Kier alpha value is -2.76. The van der Waals surface area contributed by atoms with Crippen LogP contribution in [-0.2, 0) is 6.18 Å². The van der Waals surface area contributed by atoms with Gasteiger partial charge >= 0.3 is 6.18 Å². The van der Waals surface area contributed by atoms with Gasteiger partial charge in [-0.2, -0.15) is 13.2 Å². The van der Waals surface area contributed by atoms with E-state index >= 15 is 0 Å². The highest BCUT2D eigenvalue weighted by atomic mass is 19.4. The van der Waals surface area contributed by atoms with Crippen molar-refractivity contribution in [3.8, 4) is 5.75 Å². The van der Waals surface area contributed by atoms with Gasteiger partial charge in [0.15, 0.2) is 0 Å². The SMILES string of the molecule is CCN(c1ccc(OC)cc1)c1cc(C(F)(F)F)c2ccccc2n1. The first kappa shape index (κ1) is 17.1. The minimum Gasteiger partial charge on any atom is -0.497 e. The molecule has 0 radical (unpaired) electrons. The van der Waals surface area contributed by atoms with Crippen LogP contribution in [0.2, 0.25) is 0 Å². The van der Waals surface area contributed by atoms with Gasteiger partial charge in [-0.3, -0.25) is 0 Å². The third kappa shape index (κ3) is 3.38. The van der Waals surface area contributed by atoms with Gasteiger partial charge in [-0.1, -0.05) is 18.2 Å². The molecule has 0 atom stereocenters. The molecule has 25 heavy (non-hydrogen) atoms. The summed E-state index contributed by atoms with van der Waals surface area (Å²) in [5.41, 5.74) is 0.388. The lowest BCUT2D eigenvalue weighted by Gasteiger charge is -2.24. The normalized spacial score (nSPS) is 11.6. The van der Waals surface area contributed by atoms with Crippen molar-refractivity contribution in [1.29, 1.82) is 0 Å². The molecular weight excluding hydrogens is 329 g/mol. The van der Waals surface area contributed by atoms with Crippen LogP contribution in [0.4, 0.5) is 24.7 Å². The van der Waals surface area contributed by atoms with Crippen LogP contribution in [0.1, 0.15) is 12.5 Å². The molecule has 0 saturated carbocycles. The van der Waals surface area contributed by atoms with Gasteiger partial charge in [0.2, 0.25) is 0 Å². The number of nitrogens with zero attached hydrogens (tertiary/aromatic N) is 2. The molecule has 0 bridgehead atoms. The van der Waals surface area contributed by atoms with E-state index in [1.165, 1.54) is 6.07 Å². The maximum absolute atomic E-state index is 13.5. The predicted molar refractivity (Wildman–Crippen MR) is 92.4 cm³/mol. The van der Waals surface area contributed by atoms with E-state index in [0.717, 1.165) is 11.8 Å². The second-order valence-corrected chi connectivity index (χ2v) is 5.49. The summed E-state index contributed by atoms with van der Waals surface area (Å²) in [5.74, 6) is 0.945. The van der Waals surface area contributed by atoms with Crippen molar-refractivity contribution in [3.05, 3.63) is 60.2 Å². The Morgan fingerprint density at radius 1 is 1.04 bits per heavy atom. The summed E-state index contributed by atoms with van der Waals surface area (Å²) >= 11 is 0. The van der Waals surface area contributed by atoms with Gasteiger partial charge in [-0.25, -0.2) is 4.98 Å². The number of fused-ring (bicyclic) bond motifs is 1. The molecule has 2 aromatic carbocycles. The standard InChI is InChI=1S/C19H17F3N2O/c1-3-24(13-8-10-14(25-2)11-9-13)18-12-16(19(20,21)22)15-6-4-5-7-17(15)23-18/h4-12H,3H2,1-2H3. The average Bonchev–Trinajstić information content (AvgIpc) is 2.61. The minimum atomic E-state index is -4.45. The van der Waals surface area contributed by atoms with Crippen LogP contribution in [0.25, 0.3) is 10.9 Å². The van der Waals surface area contributed by atoms with E-state index in [9.17, 15) is 13.2 Å². The highest BCUT2D eigenvalue weighted by Gasteiger charge is 2.34. The topological polar surface area (TPSA) is 25.4 Å². The van der Waals surface area contributed by atoms with Crippen LogP contribution >= 0.6 is 0 Å². The largest absolute Gasteiger partial charge is 0.497 e. The summed E-state index contributed by atoms with van der Waals surface area (Å²) in [6.07, 6.45) is -4.45. The smallest absolute Gasteiger partial charge is 0.417 e.